The number of nitrogen functional groups attached to an aromatic ring is 1. The number of amides is 1. The van der Waals surface area contributed by atoms with E-state index in [0.717, 1.165) is 28.1 Å². The zero-order chi connectivity index (χ0) is 28.2. The van der Waals surface area contributed by atoms with E-state index in [-0.39, 0.29) is 17.6 Å². The number of fused-ring (bicyclic) bond motifs is 1. The lowest BCUT2D eigenvalue weighted by Crippen LogP contribution is -2.50. The van der Waals surface area contributed by atoms with Crippen LogP contribution in [0.2, 0.25) is 0 Å². The van der Waals surface area contributed by atoms with Crippen LogP contribution in [0.5, 0.6) is 0 Å². The van der Waals surface area contributed by atoms with E-state index in [4.69, 9.17) is 16.1 Å². The highest BCUT2D eigenvalue weighted by Gasteiger charge is 2.26. The summed E-state index contributed by atoms with van der Waals surface area (Å²) in [4.78, 5) is 21.9. The fourth-order valence-electron chi connectivity index (χ4n) is 5.09. The van der Waals surface area contributed by atoms with E-state index in [9.17, 15) is 10.1 Å². The van der Waals surface area contributed by atoms with Crippen molar-refractivity contribution in [2.75, 3.05) is 43.9 Å². The Balaban J connectivity index is 1.38. The molecule has 40 heavy (non-hydrogen) atoms. The molecule has 1 saturated heterocycles. The first-order valence-corrected chi connectivity index (χ1v) is 13.1. The van der Waals surface area contributed by atoms with E-state index in [1.807, 2.05) is 60.4 Å². The van der Waals surface area contributed by atoms with Crippen molar-refractivity contribution in [3.8, 4) is 17.2 Å². The number of hydrogen-bond acceptors (Lipinski definition) is 8. The molecular formula is C30H31N9O. The topological polar surface area (TPSA) is 139 Å². The SMILES string of the molecule is CN/C=C(\C=N)c1cc(-c2ccc(N3CCN(C(=O)[C@H](C)c4ccccc4)CC3)nc2)c2c(C#N)c(N)nn2c1. The van der Waals surface area contributed by atoms with Gasteiger partial charge in [-0.05, 0) is 30.7 Å². The highest BCUT2D eigenvalue weighted by atomic mass is 16.2. The highest BCUT2D eigenvalue weighted by Crippen LogP contribution is 2.32. The van der Waals surface area contributed by atoms with Crippen molar-refractivity contribution < 1.29 is 4.79 Å². The van der Waals surface area contributed by atoms with E-state index in [0.29, 0.717) is 42.8 Å². The van der Waals surface area contributed by atoms with Gasteiger partial charge in [0, 0.05) is 80.3 Å². The molecule has 10 heteroatoms. The van der Waals surface area contributed by atoms with Crippen molar-refractivity contribution in [3.63, 3.8) is 0 Å². The largest absolute Gasteiger partial charge is 0.393 e. The van der Waals surface area contributed by atoms with Gasteiger partial charge >= 0.3 is 0 Å². The van der Waals surface area contributed by atoms with Crippen LogP contribution in [0, 0.1) is 16.7 Å². The molecule has 1 aliphatic rings. The summed E-state index contributed by atoms with van der Waals surface area (Å²) < 4.78 is 1.59. The third-order valence-corrected chi connectivity index (χ3v) is 7.30. The number of allylic oxidation sites excluding steroid dienone is 1. The van der Waals surface area contributed by atoms with E-state index in [1.54, 1.807) is 30.2 Å². The molecule has 202 valence electrons. The first kappa shape index (κ1) is 26.4. The Bertz CT molecular complexity index is 1610. The summed E-state index contributed by atoms with van der Waals surface area (Å²) in [6.45, 7) is 4.60. The van der Waals surface area contributed by atoms with Crippen LogP contribution in [-0.2, 0) is 4.79 Å². The van der Waals surface area contributed by atoms with Gasteiger partial charge in [-0.1, -0.05) is 30.3 Å². The average Bonchev–Trinajstić information content (AvgIpc) is 3.33. The molecule has 4 N–H and O–H groups in total. The second-order valence-corrected chi connectivity index (χ2v) is 9.69. The fourth-order valence-corrected chi connectivity index (χ4v) is 5.09. The number of carbonyl (C=O) groups excluding carboxylic acids is 1. The predicted molar refractivity (Wildman–Crippen MR) is 157 cm³/mol. The fraction of sp³-hybridized carbons (Fsp3) is 0.233. The van der Waals surface area contributed by atoms with Crippen LogP contribution in [0.25, 0.3) is 22.2 Å². The van der Waals surface area contributed by atoms with Gasteiger partial charge in [0.2, 0.25) is 5.91 Å². The minimum atomic E-state index is -0.176. The van der Waals surface area contributed by atoms with Crippen molar-refractivity contribution in [2.24, 2.45) is 0 Å². The van der Waals surface area contributed by atoms with E-state index in [1.165, 1.54) is 6.21 Å². The van der Waals surface area contributed by atoms with Crippen molar-refractivity contribution in [3.05, 3.63) is 83.8 Å². The number of benzene rings is 1. The third-order valence-electron chi connectivity index (χ3n) is 7.30. The lowest BCUT2D eigenvalue weighted by molar-refractivity contribution is -0.132. The molecule has 1 aromatic carbocycles. The zero-order valence-corrected chi connectivity index (χ0v) is 22.5. The molecule has 0 unspecified atom stereocenters. The Hall–Kier alpha value is -5.17. The number of nitrogens with one attached hydrogen (secondary N) is 2. The first-order valence-electron chi connectivity index (χ1n) is 13.1. The number of piperazine rings is 1. The summed E-state index contributed by atoms with van der Waals surface area (Å²) in [5.41, 5.74) is 10.9. The molecule has 1 aliphatic heterocycles. The number of nitrogens with zero attached hydrogens (tertiary/aromatic N) is 6. The molecule has 4 heterocycles. The van der Waals surface area contributed by atoms with Gasteiger partial charge in [0.05, 0.1) is 11.4 Å². The molecule has 1 fully saturated rings. The normalized spacial score (nSPS) is 14.6. The standard InChI is InChI=1S/C30H31N9O/c1-20(21-6-4-3-5-7-21)30(40)38-12-10-37(11-13-38)27-9-8-22(18-35-27)25-14-23(24(15-31)17-34-2)19-39-28(25)26(16-32)29(33)36-39/h3-9,14-15,17-20,31,34H,10-13H2,1-2H3,(H2,33,36)/b24-17+,31-15?/t20-/m1/s1. The van der Waals surface area contributed by atoms with Gasteiger partial charge in [-0.3, -0.25) is 4.79 Å². The van der Waals surface area contributed by atoms with Gasteiger partial charge < -0.3 is 26.3 Å². The summed E-state index contributed by atoms with van der Waals surface area (Å²) in [7, 11) is 1.77. The van der Waals surface area contributed by atoms with E-state index in [2.05, 4.69) is 21.4 Å². The number of pyridine rings is 2. The highest BCUT2D eigenvalue weighted by molar-refractivity contribution is 6.09. The molecular weight excluding hydrogens is 502 g/mol. The van der Waals surface area contributed by atoms with E-state index >= 15 is 0 Å². The number of nitrogens with two attached hydrogens (primary N) is 1. The van der Waals surface area contributed by atoms with Crippen LogP contribution in [-0.4, -0.2) is 64.8 Å². The van der Waals surface area contributed by atoms with Crippen LogP contribution in [0.15, 0.2) is 67.1 Å². The van der Waals surface area contributed by atoms with Crippen molar-refractivity contribution >= 4 is 34.8 Å². The molecule has 5 rings (SSSR count). The Morgan fingerprint density at radius 1 is 1.18 bits per heavy atom. The molecule has 0 bridgehead atoms. The minimum absolute atomic E-state index is 0.142. The van der Waals surface area contributed by atoms with Crippen LogP contribution < -0.4 is 16.0 Å². The third kappa shape index (κ3) is 4.97. The number of hydrogen-bond donors (Lipinski definition) is 3. The maximum atomic E-state index is 13.1. The van der Waals surface area contributed by atoms with Gasteiger partial charge in [0.25, 0.3) is 0 Å². The quantitative estimate of drug-likeness (QED) is 0.309. The molecule has 0 saturated carbocycles. The minimum Gasteiger partial charge on any atom is -0.393 e. The van der Waals surface area contributed by atoms with E-state index < -0.39 is 0 Å². The number of aromatic nitrogens is 3. The second kappa shape index (κ2) is 11.3. The molecule has 0 aliphatic carbocycles. The van der Waals surface area contributed by atoms with Crippen LogP contribution >= 0.6 is 0 Å². The van der Waals surface area contributed by atoms with Crippen LogP contribution in [0.4, 0.5) is 11.6 Å². The molecule has 1 amide bonds. The lowest BCUT2D eigenvalue weighted by Gasteiger charge is -2.36. The van der Waals surface area contributed by atoms with Gasteiger partial charge in [-0.15, -0.1) is 5.10 Å². The second-order valence-electron chi connectivity index (χ2n) is 9.69. The maximum Gasteiger partial charge on any atom is 0.229 e. The van der Waals surface area contributed by atoms with Crippen LogP contribution in [0.3, 0.4) is 0 Å². The lowest BCUT2D eigenvalue weighted by atomic mass is 9.99. The zero-order valence-electron chi connectivity index (χ0n) is 22.5. The van der Waals surface area contributed by atoms with Crippen molar-refractivity contribution in [2.45, 2.75) is 12.8 Å². The summed E-state index contributed by atoms with van der Waals surface area (Å²) in [6.07, 6.45) is 6.51. The molecule has 0 radical (unpaired) electrons. The summed E-state index contributed by atoms with van der Waals surface area (Å²) in [5, 5.41) is 24.9. The Morgan fingerprint density at radius 3 is 2.55 bits per heavy atom. The van der Waals surface area contributed by atoms with Gasteiger partial charge in [0.1, 0.15) is 17.5 Å². The predicted octanol–water partition coefficient (Wildman–Crippen LogP) is 3.51. The van der Waals surface area contributed by atoms with Gasteiger partial charge in [0.15, 0.2) is 5.82 Å². The monoisotopic (exact) mass is 533 g/mol. The first-order chi connectivity index (χ1) is 19.4. The summed E-state index contributed by atoms with van der Waals surface area (Å²) in [5.74, 6) is 0.934. The smallest absolute Gasteiger partial charge is 0.229 e. The Kier molecular flexibility index (Phi) is 7.46. The summed E-state index contributed by atoms with van der Waals surface area (Å²) in [6, 6.07) is 17.9. The molecule has 10 nitrogen and oxygen atoms in total. The Labute approximate surface area is 232 Å². The summed E-state index contributed by atoms with van der Waals surface area (Å²) >= 11 is 0. The number of carbonyl (C=O) groups is 1. The number of nitriles is 1. The average molecular weight is 534 g/mol. The molecule has 0 spiro atoms. The molecule has 3 aromatic heterocycles. The van der Waals surface area contributed by atoms with Crippen molar-refractivity contribution in [1.82, 2.24) is 24.8 Å². The van der Waals surface area contributed by atoms with Crippen LogP contribution in [0.1, 0.15) is 29.5 Å². The number of anilines is 2. The molecule has 1 atom stereocenters. The Morgan fingerprint density at radius 2 is 1.93 bits per heavy atom. The molecule has 4 aromatic rings. The van der Waals surface area contributed by atoms with Crippen molar-refractivity contribution in [1.29, 1.82) is 10.7 Å². The van der Waals surface area contributed by atoms with Gasteiger partial charge in [-0.25, -0.2) is 9.50 Å². The van der Waals surface area contributed by atoms with Gasteiger partial charge in [-0.2, -0.15) is 5.26 Å². The number of rotatable bonds is 7. The maximum absolute atomic E-state index is 13.1.